The van der Waals surface area contributed by atoms with Gasteiger partial charge in [-0.25, -0.2) is 0 Å². The van der Waals surface area contributed by atoms with E-state index in [1.165, 1.54) is 20.9 Å². The fourth-order valence-electron chi connectivity index (χ4n) is 1.98. The molecule has 0 atom stereocenters. The minimum atomic E-state index is 0.778. The zero-order valence-corrected chi connectivity index (χ0v) is 14.3. The van der Waals surface area contributed by atoms with E-state index < -0.39 is 0 Å². The average molecular weight is 319 g/mol. The molecule has 0 bridgehead atoms. The summed E-state index contributed by atoms with van der Waals surface area (Å²) in [6.07, 6.45) is 2.11. The molecule has 0 fully saturated rings. The van der Waals surface area contributed by atoms with Crippen LogP contribution in [0.15, 0.2) is 45.6 Å². The van der Waals surface area contributed by atoms with E-state index in [0.717, 1.165) is 19.0 Å². The molecule has 0 radical (unpaired) electrons. The number of thioether (sulfide) groups is 1. The van der Waals surface area contributed by atoms with E-state index in [1.54, 1.807) is 30.1 Å². The van der Waals surface area contributed by atoms with E-state index in [1.807, 2.05) is 0 Å². The van der Waals surface area contributed by atoms with Crippen LogP contribution in [0, 0.1) is 6.92 Å². The summed E-state index contributed by atoms with van der Waals surface area (Å²) in [6, 6.07) is 10.7. The van der Waals surface area contributed by atoms with Gasteiger partial charge in [-0.2, -0.15) is 0 Å². The molecule has 2 rings (SSSR count). The van der Waals surface area contributed by atoms with E-state index in [2.05, 4.69) is 64.5 Å². The number of aliphatic imine (C=N–C) groups is 1. The molecule has 0 aliphatic rings. The van der Waals surface area contributed by atoms with Gasteiger partial charge < -0.3 is 10.6 Å². The van der Waals surface area contributed by atoms with Crippen LogP contribution in [0.3, 0.4) is 0 Å². The first-order valence-corrected chi connectivity index (χ1v) is 8.94. The Labute approximate surface area is 134 Å². The van der Waals surface area contributed by atoms with Crippen molar-refractivity contribution in [1.29, 1.82) is 0 Å². The molecule has 0 unspecified atom stereocenters. The maximum Gasteiger partial charge on any atom is 0.191 e. The molecular weight excluding hydrogens is 298 g/mol. The number of nitrogens with one attached hydrogen (secondary N) is 2. The molecular formula is C16H21N3S2. The highest BCUT2D eigenvalue weighted by Gasteiger charge is 2.04. The lowest BCUT2D eigenvalue weighted by atomic mass is 10.1. The van der Waals surface area contributed by atoms with Crippen molar-refractivity contribution in [2.24, 2.45) is 4.99 Å². The largest absolute Gasteiger partial charge is 0.352 e. The number of hydrogen-bond acceptors (Lipinski definition) is 3. The molecule has 3 nitrogen and oxygen atoms in total. The van der Waals surface area contributed by atoms with Gasteiger partial charge >= 0.3 is 0 Å². The minimum absolute atomic E-state index is 0.778. The van der Waals surface area contributed by atoms with E-state index >= 15 is 0 Å². The zero-order valence-electron chi connectivity index (χ0n) is 12.6. The Balaban J connectivity index is 1.91. The molecule has 21 heavy (non-hydrogen) atoms. The second-order valence-electron chi connectivity index (χ2n) is 4.67. The fraction of sp³-hybridized carbons (Fsp3) is 0.312. The number of aryl methyl sites for hydroxylation is 1. The van der Waals surface area contributed by atoms with E-state index in [4.69, 9.17) is 0 Å². The van der Waals surface area contributed by atoms with Crippen LogP contribution in [0.5, 0.6) is 0 Å². The smallest absolute Gasteiger partial charge is 0.191 e. The van der Waals surface area contributed by atoms with Crippen molar-refractivity contribution in [3.63, 3.8) is 0 Å². The second-order valence-corrected chi connectivity index (χ2v) is 6.55. The van der Waals surface area contributed by atoms with Crippen LogP contribution in [0.1, 0.15) is 16.0 Å². The molecule has 2 N–H and O–H groups in total. The molecule has 1 aromatic heterocycles. The van der Waals surface area contributed by atoms with E-state index in [0.29, 0.717) is 0 Å². The van der Waals surface area contributed by atoms with Gasteiger partial charge in [0.25, 0.3) is 0 Å². The Morgan fingerprint density at radius 2 is 2.05 bits per heavy atom. The third-order valence-corrected chi connectivity index (χ3v) is 4.82. The molecule has 0 saturated carbocycles. The Hall–Kier alpha value is -1.46. The van der Waals surface area contributed by atoms with Crippen molar-refractivity contribution >= 4 is 29.1 Å². The lowest BCUT2D eigenvalue weighted by molar-refractivity contribution is 0.807. The number of guanidine groups is 1. The SMILES string of the molecule is CN=C(NCc1cccs1)NCc1ccc(C)cc1SC. The van der Waals surface area contributed by atoms with Gasteiger partial charge in [-0.15, -0.1) is 23.1 Å². The summed E-state index contributed by atoms with van der Waals surface area (Å²) in [5.41, 5.74) is 2.59. The minimum Gasteiger partial charge on any atom is -0.352 e. The molecule has 0 saturated heterocycles. The van der Waals surface area contributed by atoms with Crippen molar-refractivity contribution in [3.05, 3.63) is 51.7 Å². The van der Waals surface area contributed by atoms with Gasteiger partial charge in [0.05, 0.1) is 6.54 Å². The van der Waals surface area contributed by atoms with Crippen LogP contribution < -0.4 is 10.6 Å². The summed E-state index contributed by atoms with van der Waals surface area (Å²) in [4.78, 5) is 6.89. The molecule has 2 aromatic rings. The summed E-state index contributed by atoms with van der Waals surface area (Å²) in [7, 11) is 1.80. The monoisotopic (exact) mass is 319 g/mol. The van der Waals surface area contributed by atoms with E-state index in [9.17, 15) is 0 Å². The number of benzene rings is 1. The lowest BCUT2D eigenvalue weighted by Gasteiger charge is -2.13. The van der Waals surface area contributed by atoms with Gasteiger partial charge in [0.1, 0.15) is 0 Å². The Morgan fingerprint density at radius 1 is 1.24 bits per heavy atom. The molecule has 1 aromatic carbocycles. The van der Waals surface area contributed by atoms with Gasteiger partial charge in [-0.1, -0.05) is 18.2 Å². The zero-order chi connectivity index (χ0) is 15.1. The van der Waals surface area contributed by atoms with Crippen molar-refractivity contribution in [3.8, 4) is 0 Å². The van der Waals surface area contributed by atoms with Crippen molar-refractivity contribution in [2.75, 3.05) is 13.3 Å². The highest BCUT2D eigenvalue weighted by molar-refractivity contribution is 7.98. The van der Waals surface area contributed by atoms with Crippen LogP contribution in [0.4, 0.5) is 0 Å². The maximum atomic E-state index is 4.27. The predicted molar refractivity (Wildman–Crippen MR) is 94.3 cm³/mol. The van der Waals surface area contributed by atoms with Crippen LogP contribution in [0.25, 0.3) is 0 Å². The van der Waals surface area contributed by atoms with Gasteiger partial charge in [-0.3, -0.25) is 4.99 Å². The highest BCUT2D eigenvalue weighted by atomic mass is 32.2. The first-order chi connectivity index (χ1) is 10.2. The van der Waals surface area contributed by atoms with Gasteiger partial charge in [0.2, 0.25) is 0 Å². The second kappa shape index (κ2) is 8.10. The normalized spacial score (nSPS) is 11.5. The third-order valence-electron chi connectivity index (χ3n) is 3.12. The Kier molecular flexibility index (Phi) is 6.14. The Morgan fingerprint density at radius 3 is 2.71 bits per heavy atom. The molecule has 112 valence electrons. The van der Waals surface area contributed by atoms with Crippen molar-refractivity contribution in [1.82, 2.24) is 10.6 Å². The number of thiophene rings is 1. The molecule has 0 aliphatic heterocycles. The maximum absolute atomic E-state index is 4.27. The summed E-state index contributed by atoms with van der Waals surface area (Å²) in [5.74, 6) is 0.830. The standard InChI is InChI=1S/C16H21N3S2/c1-12-6-7-13(15(9-12)20-3)10-18-16(17-2)19-11-14-5-4-8-21-14/h4-9H,10-11H2,1-3H3,(H2,17,18,19). The summed E-state index contributed by atoms with van der Waals surface area (Å²) in [6.45, 7) is 3.71. The first-order valence-electron chi connectivity index (χ1n) is 6.83. The summed E-state index contributed by atoms with van der Waals surface area (Å²) in [5, 5.41) is 8.79. The summed E-state index contributed by atoms with van der Waals surface area (Å²) >= 11 is 3.53. The highest BCUT2D eigenvalue weighted by Crippen LogP contribution is 2.21. The molecule has 1 heterocycles. The fourth-order valence-corrected chi connectivity index (χ4v) is 3.33. The van der Waals surface area contributed by atoms with Crippen LogP contribution in [0.2, 0.25) is 0 Å². The molecule has 5 heteroatoms. The number of nitrogens with zero attached hydrogens (tertiary/aromatic N) is 1. The number of rotatable bonds is 5. The van der Waals surface area contributed by atoms with Crippen molar-refractivity contribution < 1.29 is 0 Å². The third kappa shape index (κ3) is 4.79. The predicted octanol–water partition coefficient (Wildman–Crippen LogP) is 3.64. The topological polar surface area (TPSA) is 36.4 Å². The van der Waals surface area contributed by atoms with Crippen LogP contribution in [-0.2, 0) is 13.1 Å². The summed E-state index contributed by atoms with van der Waals surface area (Å²) < 4.78 is 0. The lowest BCUT2D eigenvalue weighted by Crippen LogP contribution is -2.36. The van der Waals surface area contributed by atoms with Crippen molar-refractivity contribution in [2.45, 2.75) is 24.9 Å². The number of hydrogen-bond donors (Lipinski definition) is 2. The molecule has 0 spiro atoms. The van der Waals surface area contributed by atoms with Crippen LogP contribution >= 0.6 is 23.1 Å². The van der Waals surface area contributed by atoms with Gasteiger partial charge in [-0.05, 0) is 41.8 Å². The quantitative estimate of drug-likeness (QED) is 0.502. The van der Waals surface area contributed by atoms with Crippen LogP contribution in [-0.4, -0.2) is 19.3 Å². The van der Waals surface area contributed by atoms with E-state index in [-0.39, 0.29) is 0 Å². The average Bonchev–Trinajstić information content (AvgIpc) is 3.01. The van der Waals surface area contributed by atoms with Gasteiger partial charge in [0, 0.05) is 23.4 Å². The first kappa shape index (κ1) is 15.9. The Bertz CT molecular complexity index is 592. The molecule has 0 amide bonds. The molecule has 0 aliphatic carbocycles. The van der Waals surface area contributed by atoms with Gasteiger partial charge in [0.15, 0.2) is 5.96 Å².